The molecule has 0 unspecified atom stereocenters. The number of rotatable bonds is 6. The standard InChI is InChI=1S/C15H21NO5/c1-9(2)6-14(17)16-11-8-13(20-4)12(19-3)7-10(11)15(18)21-5/h7-9H,6H2,1-5H3,(H,16,17). The number of amides is 1. The van der Waals surface area contributed by atoms with Crippen LogP contribution in [0.3, 0.4) is 0 Å². The average molecular weight is 295 g/mol. The van der Waals surface area contributed by atoms with Crippen molar-refractivity contribution in [3.05, 3.63) is 17.7 Å². The van der Waals surface area contributed by atoms with Crippen molar-refractivity contribution in [2.24, 2.45) is 5.92 Å². The van der Waals surface area contributed by atoms with Crippen molar-refractivity contribution in [3.8, 4) is 11.5 Å². The Bertz CT molecular complexity index is 525. The van der Waals surface area contributed by atoms with Gasteiger partial charge in [0, 0.05) is 18.6 Å². The van der Waals surface area contributed by atoms with Gasteiger partial charge in [-0.25, -0.2) is 4.79 Å². The maximum Gasteiger partial charge on any atom is 0.340 e. The molecule has 6 nitrogen and oxygen atoms in total. The molecule has 21 heavy (non-hydrogen) atoms. The largest absolute Gasteiger partial charge is 0.493 e. The lowest BCUT2D eigenvalue weighted by Gasteiger charge is -2.15. The second-order valence-electron chi connectivity index (χ2n) is 4.89. The zero-order valence-corrected chi connectivity index (χ0v) is 13.0. The Morgan fingerprint density at radius 2 is 1.67 bits per heavy atom. The number of ether oxygens (including phenoxy) is 3. The second kappa shape index (κ2) is 7.52. The maximum absolute atomic E-state index is 11.9. The van der Waals surface area contributed by atoms with E-state index in [0.717, 1.165) is 0 Å². The Morgan fingerprint density at radius 1 is 1.10 bits per heavy atom. The van der Waals surface area contributed by atoms with Crippen LogP contribution in [0, 0.1) is 5.92 Å². The molecule has 1 N–H and O–H groups in total. The monoisotopic (exact) mass is 295 g/mol. The molecule has 0 heterocycles. The lowest BCUT2D eigenvalue weighted by molar-refractivity contribution is -0.116. The van der Waals surface area contributed by atoms with Gasteiger partial charge in [0.25, 0.3) is 0 Å². The summed E-state index contributed by atoms with van der Waals surface area (Å²) in [6.07, 6.45) is 0.356. The first kappa shape index (κ1) is 16.8. The van der Waals surface area contributed by atoms with Gasteiger partial charge in [0.05, 0.1) is 32.6 Å². The third kappa shape index (κ3) is 4.37. The number of carbonyl (C=O) groups is 2. The highest BCUT2D eigenvalue weighted by Gasteiger charge is 2.19. The lowest BCUT2D eigenvalue weighted by Crippen LogP contribution is -2.17. The van der Waals surface area contributed by atoms with E-state index in [1.54, 1.807) is 6.07 Å². The minimum absolute atomic E-state index is 0.178. The number of esters is 1. The van der Waals surface area contributed by atoms with Crippen molar-refractivity contribution in [1.29, 1.82) is 0 Å². The van der Waals surface area contributed by atoms with E-state index >= 15 is 0 Å². The fourth-order valence-electron chi connectivity index (χ4n) is 1.83. The van der Waals surface area contributed by atoms with Crippen molar-refractivity contribution in [1.82, 2.24) is 0 Å². The topological polar surface area (TPSA) is 73.9 Å². The molecule has 1 amide bonds. The molecule has 116 valence electrons. The fourth-order valence-corrected chi connectivity index (χ4v) is 1.83. The van der Waals surface area contributed by atoms with Crippen LogP contribution >= 0.6 is 0 Å². The number of hydrogen-bond donors (Lipinski definition) is 1. The SMILES string of the molecule is COC(=O)c1cc(OC)c(OC)cc1NC(=O)CC(C)C. The first-order chi connectivity index (χ1) is 9.92. The van der Waals surface area contributed by atoms with E-state index < -0.39 is 5.97 Å². The Labute approximate surface area is 124 Å². The number of nitrogens with one attached hydrogen (secondary N) is 1. The van der Waals surface area contributed by atoms with Gasteiger partial charge >= 0.3 is 5.97 Å². The smallest absolute Gasteiger partial charge is 0.340 e. The minimum Gasteiger partial charge on any atom is -0.493 e. The molecular weight excluding hydrogens is 274 g/mol. The first-order valence-corrected chi connectivity index (χ1v) is 6.57. The summed E-state index contributed by atoms with van der Waals surface area (Å²) in [6, 6.07) is 3.03. The highest BCUT2D eigenvalue weighted by Crippen LogP contribution is 2.33. The van der Waals surface area contributed by atoms with Gasteiger partial charge in [0.15, 0.2) is 11.5 Å². The van der Waals surface area contributed by atoms with Crippen LogP contribution < -0.4 is 14.8 Å². The van der Waals surface area contributed by atoms with E-state index in [-0.39, 0.29) is 17.4 Å². The molecular formula is C15H21NO5. The number of benzene rings is 1. The molecule has 6 heteroatoms. The highest BCUT2D eigenvalue weighted by molar-refractivity contribution is 6.02. The molecule has 0 saturated heterocycles. The van der Waals surface area contributed by atoms with Crippen LogP contribution in [0.5, 0.6) is 11.5 Å². The van der Waals surface area contributed by atoms with Crippen molar-refractivity contribution in [2.45, 2.75) is 20.3 Å². The summed E-state index contributed by atoms with van der Waals surface area (Å²) in [4.78, 5) is 23.7. The van der Waals surface area contributed by atoms with Crippen LogP contribution in [0.4, 0.5) is 5.69 Å². The van der Waals surface area contributed by atoms with Gasteiger partial charge in [-0.1, -0.05) is 13.8 Å². The summed E-state index contributed by atoms with van der Waals surface area (Å²) in [5.41, 5.74) is 0.553. The second-order valence-corrected chi connectivity index (χ2v) is 4.89. The third-order valence-corrected chi connectivity index (χ3v) is 2.80. The molecule has 0 aromatic heterocycles. The highest BCUT2D eigenvalue weighted by atomic mass is 16.5. The maximum atomic E-state index is 11.9. The zero-order valence-electron chi connectivity index (χ0n) is 13.0. The van der Waals surface area contributed by atoms with E-state index in [4.69, 9.17) is 14.2 Å². The molecule has 0 aliphatic carbocycles. The van der Waals surface area contributed by atoms with Gasteiger partial charge < -0.3 is 19.5 Å². The molecule has 0 aliphatic heterocycles. The number of methoxy groups -OCH3 is 3. The van der Waals surface area contributed by atoms with Gasteiger partial charge in [-0.05, 0) is 5.92 Å². The summed E-state index contributed by atoms with van der Waals surface area (Å²) >= 11 is 0. The first-order valence-electron chi connectivity index (χ1n) is 6.57. The number of anilines is 1. The van der Waals surface area contributed by atoms with E-state index in [1.807, 2.05) is 13.8 Å². The molecule has 1 aromatic rings. The predicted octanol–water partition coefficient (Wildman–Crippen LogP) is 2.48. The number of carbonyl (C=O) groups excluding carboxylic acids is 2. The summed E-state index contributed by atoms with van der Waals surface area (Å²) < 4.78 is 15.1. The van der Waals surface area contributed by atoms with Gasteiger partial charge in [0.1, 0.15) is 0 Å². The zero-order chi connectivity index (χ0) is 16.0. The molecule has 0 saturated carbocycles. The molecule has 0 bridgehead atoms. The minimum atomic E-state index is -0.559. The van der Waals surface area contributed by atoms with Crippen LogP contribution in [0.1, 0.15) is 30.6 Å². The molecule has 0 fully saturated rings. The molecule has 0 radical (unpaired) electrons. The van der Waals surface area contributed by atoms with Crippen LogP contribution in [0.2, 0.25) is 0 Å². The van der Waals surface area contributed by atoms with Gasteiger partial charge in [-0.3, -0.25) is 4.79 Å². The van der Waals surface area contributed by atoms with Gasteiger partial charge in [-0.15, -0.1) is 0 Å². The molecule has 0 spiro atoms. The molecule has 0 atom stereocenters. The van der Waals surface area contributed by atoms with E-state index in [0.29, 0.717) is 23.6 Å². The van der Waals surface area contributed by atoms with Crippen molar-refractivity contribution in [2.75, 3.05) is 26.6 Å². The van der Waals surface area contributed by atoms with Crippen molar-refractivity contribution < 1.29 is 23.8 Å². The third-order valence-electron chi connectivity index (χ3n) is 2.80. The lowest BCUT2D eigenvalue weighted by atomic mass is 10.1. The summed E-state index contributed by atoms with van der Waals surface area (Å²) in [5, 5.41) is 2.71. The van der Waals surface area contributed by atoms with Crippen LogP contribution in [-0.2, 0) is 9.53 Å². The predicted molar refractivity (Wildman–Crippen MR) is 79.0 cm³/mol. The van der Waals surface area contributed by atoms with E-state index in [9.17, 15) is 9.59 Å². The Balaban J connectivity index is 3.20. The molecule has 1 rings (SSSR count). The normalized spacial score (nSPS) is 10.2. The van der Waals surface area contributed by atoms with Crippen LogP contribution in [0.15, 0.2) is 12.1 Å². The fraction of sp³-hybridized carbons (Fsp3) is 0.467. The van der Waals surface area contributed by atoms with Gasteiger partial charge in [-0.2, -0.15) is 0 Å². The summed E-state index contributed by atoms with van der Waals surface area (Å²) in [6.45, 7) is 3.88. The molecule has 0 aliphatic rings. The van der Waals surface area contributed by atoms with Crippen LogP contribution in [0.25, 0.3) is 0 Å². The summed E-state index contributed by atoms with van der Waals surface area (Å²) in [7, 11) is 4.23. The van der Waals surface area contributed by atoms with Gasteiger partial charge in [0.2, 0.25) is 5.91 Å². The van der Waals surface area contributed by atoms with Crippen molar-refractivity contribution >= 4 is 17.6 Å². The van der Waals surface area contributed by atoms with E-state index in [2.05, 4.69) is 5.32 Å². The Kier molecular flexibility index (Phi) is 6.02. The Hall–Kier alpha value is -2.24. The van der Waals surface area contributed by atoms with E-state index in [1.165, 1.54) is 27.4 Å². The van der Waals surface area contributed by atoms with Crippen molar-refractivity contribution in [3.63, 3.8) is 0 Å². The average Bonchev–Trinajstić information content (AvgIpc) is 2.44. The molecule has 1 aromatic carbocycles. The Morgan fingerprint density at radius 3 is 2.14 bits per heavy atom. The van der Waals surface area contributed by atoms with Crippen LogP contribution in [-0.4, -0.2) is 33.2 Å². The summed E-state index contributed by atoms with van der Waals surface area (Å²) in [5.74, 6) is 0.287. The number of hydrogen-bond acceptors (Lipinski definition) is 5. The quantitative estimate of drug-likeness (QED) is 0.816.